The van der Waals surface area contributed by atoms with Gasteiger partial charge in [0.2, 0.25) is 0 Å². The van der Waals surface area contributed by atoms with Crippen molar-refractivity contribution in [2.75, 3.05) is 65.7 Å². The molecule has 0 aliphatic carbocycles. The molecule has 6 nitrogen and oxygen atoms in total. The van der Waals surface area contributed by atoms with E-state index in [1.807, 2.05) is 6.92 Å². The first-order valence-corrected chi connectivity index (χ1v) is 8.48. The molecule has 0 amide bonds. The first-order chi connectivity index (χ1) is 11.5. The van der Waals surface area contributed by atoms with Crippen LogP contribution in [-0.2, 0) is 9.47 Å². The summed E-state index contributed by atoms with van der Waals surface area (Å²) in [6.45, 7) is 7.36. The fourth-order valence-corrected chi connectivity index (χ4v) is 2.22. The van der Waals surface area contributed by atoms with Gasteiger partial charge in [0.1, 0.15) is 6.61 Å². The van der Waals surface area contributed by atoms with E-state index >= 15 is 0 Å². The number of hydrogen-bond donors (Lipinski definition) is 2. The molecular weight excluding hydrogens is 452 g/mol. The number of nitrogens with zero attached hydrogens (tertiary/aromatic N) is 2. The van der Waals surface area contributed by atoms with E-state index in [0.717, 1.165) is 52.4 Å². The van der Waals surface area contributed by atoms with E-state index in [0.29, 0.717) is 18.9 Å². The second-order valence-electron chi connectivity index (χ2n) is 5.52. The monoisotopic (exact) mass is 482 g/mol. The fourth-order valence-electron chi connectivity index (χ4n) is 2.22. The average Bonchev–Trinajstić information content (AvgIpc) is 2.54. The molecule has 0 radical (unpaired) electrons. The molecule has 1 saturated heterocycles. The summed E-state index contributed by atoms with van der Waals surface area (Å²) in [5.41, 5.74) is 0. The van der Waals surface area contributed by atoms with E-state index in [1.54, 1.807) is 0 Å². The van der Waals surface area contributed by atoms with Gasteiger partial charge in [-0.3, -0.25) is 9.89 Å². The van der Waals surface area contributed by atoms with E-state index in [-0.39, 0.29) is 30.6 Å². The zero-order chi connectivity index (χ0) is 17.7. The minimum absolute atomic E-state index is 0. The van der Waals surface area contributed by atoms with Crippen LogP contribution < -0.4 is 10.6 Å². The van der Waals surface area contributed by atoms with E-state index in [4.69, 9.17) is 4.74 Å². The SMILES string of the molecule is CCNC(=NCCCOCC(F)(F)F)NCCCN1CCOCC1.I. The number of morpholine rings is 1. The lowest BCUT2D eigenvalue weighted by molar-refractivity contribution is -0.173. The Hall–Kier alpha value is -0.330. The molecule has 0 aromatic heterocycles. The Morgan fingerprint density at radius 1 is 1.20 bits per heavy atom. The van der Waals surface area contributed by atoms with Crippen molar-refractivity contribution in [2.45, 2.75) is 25.9 Å². The van der Waals surface area contributed by atoms with Gasteiger partial charge in [-0.25, -0.2) is 0 Å². The van der Waals surface area contributed by atoms with Crippen LogP contribution in [0.2, 0.25) is 0 Å². The van der Waals surface area contributed by atoms with Crippen molar-refractivity contribution in [3.63, 3.8) is 0 Å². The minimum atomic E-state index is -4.26. The van der Waals surface area contributed by atoms with Crippen molar-refractivity contribution in [3.8, 4) is 0 Å². The lowest BCUT2D eigenvalue weighted by atomic mass is 10.3. The summed E-state index contributed by atoms with van der Waals surface area (Å²) >= 11 is 0. The number of aliphatic imine (C=N–C) groups is 1. The van der Waals surface area contributed by atoms with Crippen LogP contribution in [0.15, 0.2) is 4.99 Å². The molecule has 0 saturated carbocycles. The molecule has 1 aliphatic heterocycles. The molecule has 0 bridgehead atoms. The standard InChI is InChI=1S/C15H29F3N4O2.HI/c1-2-19-14(21-6-4-10-24-13-15(16,17)18)20-5-3-7-22-8-11-23-12-9-22;/h2-13H2,1H3,(H2,19,20,21);1H. The summed E-state index contributed by atoms with van der Waals surface area (Å²) in [5, 5.41) is 6.36. The van der Waals surface area contributed by atoms with Crippen molar-refractivity contribution in [1.82, 2.24) is 15.5 Å². The maximum absolute atomic E-state index is 11.9. The highest BCUT2D eigenvalue weighted by Gasteiger charge is 2.27. The van der Waals surface area contributed by atoms with Crippen LogP contribution in [0.4, 0.5) is 13.2 Å². The lowest BCUT2D eigenvalue weighted by Crippen LogP contribution is -2.40. The van der Waals surface area contributed by atoms with Crippen molar-refractivity contribution >= 4 is 29.9 Å². The van der Waals surface area contributed by atoms with Crippen molar-refractivity contribution in [2.24, 2.45) is 4.99 Å². The van der Waals surface area contributed by atoms with Gasteiger partial charge < -0.3 is 20.1 Å². The Bertz CT molecular complexity index is 354. The van der Waals surface area contributed by atoms with Gasteiger partial charge in [-0.05, 0) is 26.3 Å². The van der Waals surface area contributed by atoms with Gasteiger partial charge in [0.25, 0.3) is 0 Å². The number of halogens is 4. The molecule has 1 heterocycles. The Balaban J connectivity index is 0.00000576. The summed E-state index contributed by atoms with van der Waals surface area (Å²) in [6.07, 6.45) is -2.81. The molecule has 1 aliphatic rings. The van der Waals surface area contributed by atoms with Gasteiger partial charge in [-0.2, -0.15) is 13.2 Å². The Kier molecular flexibility index (Phi) is 14.6. The predicted molar refractivity (Wildman–Crippen MR) is 103 cm³/mol. The molecule has 1 fully saturated rings. The third kappa shape index (κ3) is 14.5. The quantitative estimate of drug-likeness (QED) is 0.216. The molecule has 150 valence electrons. The first kappa shape index (κ1) is 24.7. The first-order valence-electron chi connectivity index (χ1n) is 8.48. The van der Waals surface area contributed by atoms with Crippen molar-refractivity contribution in [1.29, 1.82) is 0 Å². The van der Waals surface area contributed by atoms with Crippen LogP contribution in [0, 0.1) is 0 Å². The molecule has 25 heavy (non-hydrogen) atoms. The number of ether oxygens (including phenoxy) is 2. The highest BCUT2D eigenvalue weighted by atomic mass is 127. The van der Waals surface area contributed by atoms with Gasteiger partial charge in [0.15, 0.2) is 5.96 Å². The smallest absolute Gasteiger partial charge is 0.379 e. The summed E-state index contributed by atoms with van der Waals surface area (Å²) in [5.74, 6) is 0.690. The van der Waals surface area contributed by atoms with Crippen LogP contribution in [0.1, 0.15) is 19.8 Å². The van der Waals surface area contributed by atoms with Gasteiger partial charge in [0, 0.05) is 39.3 Å². The van der Waals surface area contributed by atoms with E-state index in [1.165, 1.54) is 0 Å². The van der Waals surface area contributed by atoms with Crippen molar-refractivity contribution in [3.05, 3.63) is 0 Å². The highest BCUT2D eigenvalue weighted by Crippen LogP contribution is 2.14. The molecule has 0 aromatic carbocycles. The topological polar surface area (TPSA) is 58.1 Å². The number of hydrogen-bond acceptors (Lipinski definition) is 4. The Morgan fingerprint density at radius 2 is 1.92 bits per heavy atom. The number of guanidine groups is 1. The summed E-state index contributed by atoms with van der Waals surface area (Å²) in [4.78, 5) is 6.70. The third-order valence-electron chi connectivity index (χ3n) is 3.37. The Morgan fingerprint density at radius 3 is 2.56 bits per heavy atom. The van der Waals surface area contributed by atoms with Crippen LogP contribution in [0.5, 0.6) is 0 Å². The summed E-state index contributed by atoms with van der Waals surface area (Å²) in [6, 6.07) is 0. The molecule has 2 N–H and O–H groups in total. The van der Waals surface area contributed by atoms with Gasteiger partial charge in [0.05, 0.1) is 13.2 Å². The highest BCUT2D eigenvalue weighted by molar-refractivity contribution is 14.0. The number of alkyl halides is 3. The van der Waals surface area contributed by atoms with Gasteiger partial charge in [-0.15, -0.1) is 24.0 Å². The minimum Gasteiger partial charge on any atom is -0.379 e. The number of rotatable bonds is 10. The number of nitrogens with one attached hydrogen (secondary N) is 2. The van der Waals surface area contributed by atoms with E-state index < -0.39 is 12.8 Å². The van der Waals surface area contributed by atoms with Gasteiger partial charge in [-0.1, -0.05) is 0 Å². The molecule has 0 aromatic rings. The molecular formula is C15H30F3IN4O2. The lowest BCUT2D eigenvalue weighted by Gasteiger charge is -2.26. The third-order valence-corrected chi connectivity index (χ3v) is 3.37. The Labute approximate surface area is 164 Å². The maximum atomic E-state index is 11.9. The van der Waals surface area contributed by atoms with Crippen LogP contribution in [-0.4, -0.2) is 82.7 Å². The second-order valence-corrected chi connectivity index (χ2v) is 5.52. The summed E-state index contributed by atoms with van der Waals surface area (Å²) in [7, 11) is 0. The fraction of sp³-hybridized carbons (Fsp3) is 0.933. The molecule has 0 spiro atoms. The molecule has 0 atom stereocenters. The second kappa shape index (κ2) is 14.8. The predicted octanol–water partition coefficient (Wildman–Crippen LogP) is 1.85. The zero-order valence-corrected chi connectivity index (χ0v) is 17.1. The van der Waals surface area contributed by atoms with Crippen LogP contribution in [0.25, 0.3) is 0 Å². The molecule has 1 rings (SSSR count). The van der Waals surface area contributed by atoms with Crippen molar-refractivity contribution < 1.29 is 22.6 Å². The zero-order valence-electron chi connectivity index (χ0n) is 14.7. The van der Waals surface area contributed by atoms with Gasteiger partial charge >= 0.3 is 6.18 Å². The normalized spacial score (nSPS) is 16.4. The average molecular weight is 482 g/mol. The van der Waals surface area contributed by atoms with E-state index in [2.05, 4.69) is 25.3 Å². The van der Waals surface area contributed by atoms with Crippen LogP contribution in [0.3, 0.4) is 0 Å². The van der Waals surface area contributed by atoms with E-state index in [9.17, 15) is 13.2 Å². The maximum Gasteiger partial charge on any atom is 0.411 e. The molecule has 10 heteroatoms. The summed E-state index contributed by atoms with van der Waals surface area (Å²) < 4.78 is 45.6. The molecule has 0 unspecified atom stereocenters. The largest absolute Gasteiger partial charge is 0.411 e. The van der Waals surface area contributed by atoms with Crippen LogP contribution >= 0.6 is 24.0 Å².